The van der Waals surface area contributed by atoms with E-state index in [2.05, 4.69) is 31.3 Å². The average Bonchev–Trinajstić information content (AvgIpc) is 3.23. The van der Waals surface area contributed by atoms with Gasteiger partial charge in [0.15, 0.2) is 0 Å². The number of hydrogen-bond acceptors (Lipinski definition) is 3. The van der Waals surface area contributed by atoms with Gasteiger partial charge in [0, 0.05) is 6.42 Å². The van der Waals surface area contributed by atoms with Crippen molar-refractivity contribution in [2.45, 2.75) is 309 Å². The molecule has 2 unspecified atom stereocenters. The molecule has 0 heterocycles. The Hall–Kier alpha value is -1.13. The van der Waals surface area contributed by atoms with Crippen LogP contribution in [-0.2, 0) is 4.79 Å². The minimum absolute atomic E-state index is 0.0589. The lowest BCUT2D eigenvalue weighted by molar-refractivity contribution is -0.123. The summed E-state index contributed by atoms with van der Waals surface area (Å²) in [6, 6.07) is -0.618. The summed E-state index contributed by atoms with van der Waals surface area (Å²) in [4.78, 5) is 12.4. The van der Waals surface area contributed by atoms with E-state index in [1.165, 1.54) is 250 Å². The molecule has 4 nitrogen and oxygen atoms in total. The second kappa shape index (κ2) is 50.2. The van der Waals surface area contributed by atoms with Crippen LogP contribution in [0, 0.1) is 0 Å². The molecule has 344 valence electrons. The predicted molar refractivity (Wildman–Crippen MR) is 258 cm³/mol. The highest BCUT2D eigenvalue weighted by molar-refractivity contribution is 5.76. The summed E-state index contributed by atoms with van der Waals surface area (Å²) in [6.45, 7) is 4.33. The fraction of sp³-hybridized carbons (Fsp3) is 0.907. The largest absolute Gasteiger partial charge is 0.394 e. The van der Waals surface area contributed by atoms with E-state index in [1.54, 1.807) is 6.08 Å². The van der Waals surface area contributed by atoms with Crippen LogP contribution in [0.1, 0.15) is 296 Å². The minimum Gasteiger partial charge on any atom is -0.394 e. The van der Waals surface area contributed by atoms with Gasteiger partial charge in [-0.15, -0.1) is 0 Å². The fourth-order valence-electron chi connectivity index (χ4n) is 8.35. The highest BCUT2D eigenvalue weighted by Crippen LogP contribution is 2.17. The van der Waals surface area contributed by atoms with Crippen molar-refractivity contribution in [1.29, 1.82) is 0 Å². The number of allylic oxidation sites excluding steroid dienone is 3. The first-order valence-electron chi connectivity index (χ1n) is 26.6. The van der Waals surface area contributed by atoms with Crippen molar-refractivity contribution in [3.8, 4) is 0 Å². The van der Waals surface area contributed by atoms with Gasteiger partial charge in [0.2, 0.25) is 5.91 Å². The standard InChI is InChI=1S/C54H105NO3/c1-3-5-7-9-11-13-15-17-19-20-21-22-23-24-25-26-27-28-29-30-31-32-33-34-36-38-40-42-44-46-48-50-54(58)55-52(51-56)53(57)49-47-45-43-41-39-37-35-18-16-14-12-10-8-6-4-2/h20-21,47,49,52-53,56-57H,3-19,22-46,48,50-51H2,1-2H3,(H,55,58)/b21-20-,49-47+. The molecule has 0 aromatic carbocycles. The van der Waals surface area contributed by atoms with Gasteiger partial charge in [-0.25, -0.2) is 0 Å². The average molecular weight is 816 g/mol. The molecule has 0 radical (unpaired) electrons. The first-order valence-corrected chi connectivity index (χ1v) is 26.6. The zero-order valence-electron chi connectivity index (χ0n) is 39.6. The smallest absolute Gasteiger partial charge is 0.220 e. The summed E-state index contributed by atoms with van der Waals surface area (Å²) in [5.41, 5.74) is 0. The van der Waals surface area contributed by atoms with Gasteiger partial charge in [-0.05, 0) is 44.9 Å². The second-order valence-corrected chi connectivity index (χ2v) is 18.3. The van der Waals surface area contributed by atoms with Crippen molar-refractivity contribution in [1.82, 2.24) is 5.32 Å². The van der Waals surface area contributed by atoms with Crippen molar-refractivity contribution < 1.29 is 15.0 Å². The first kappa shape index (κ1) is 56.9. The Kier molecular flexibility index (Phi) is 49.2. The second-order valence-electron chi connectivity index (χ2n) is 18.3. The van der Waals surface area contributed by atoms with Crippen molar-refractivity contribution in [3.05, 3.63) is 24.3 Å². The van der Waals surface area contributed by atoms with E-state index in [1.807, 2.05) is 6.08 Å². The van der Waals surface area contributed by atoms with E-state index < -0.39 is 12.1 Å². The Balaban J connectivity index is 3.43. The number of carbonyl (C=O) groups excluding carboxylic acids is 1. The number of rotatable bonds is 49. The van der Waals surface area contributed by atoms with Gasteiger partial charge in [-0.1, -0.05) is 269 Å². The van der Waals surface area contributed by atoms with Crippen LogP contribution in [0.15, 0.2) is 24.3 Å². The normalized spacial score (nSPS) is 13.0. The quantitative estimate of drug-likeness (QED) is 0.0423. The van der Waals surface area contributed by atoms with Gasteiger partial charge in [0.1, 0.15) is 0 Å². The van der Waals surface area contributed by atoms with Crippen LogP contribution < -0.4 is 5.32 Å². The topological polar surface area (TPSA) is 69.6 Å². The fourth-order valence-corrected chi connectivity index (χ4v) is 8.35. The molecule has 2 atom stereocenters. The van der Waals surface area contributed by atoms with E-state index in [0.29, 0.717) is 6.42 Å². The summed E-state index contributed by atoms with van der Waals surface area (Å²) < 4.78 is 0. The molecule has 0 fully saturated rings. The molecule has 0 aromatic rings. The van der Waals surface area contributed by atoms with E-state index in [-0.39, 0.29) is 12.5 Å². The molecule has 0 aliphatic heterocycles. The Labute approximate surface area is 364 Å². The molecular formula is C54H105NO3. The zero-order valence-corrected chi connectivity index (χ0v) is 39.6. The lowest BCUT2D eigenvalue weighted by Gasteiger charge is -2.20. The lowest BCUT2D eigenvalue weighted by Crippen LogP contribution is -2.45. The number of carbonyl (C=O) groups is 1. The number of hydrogen-bond donors (Lipinski definition) is 3. The van der Waals surface area contributed by atoms with Crippen LogP contribution in [0.5, 0.6) is 0 Å². The number of amides is 1. The molecule has 58 heavy (non-hydrogen) atoms. The van der Waals surface area contributed by atoms with Crippen molar-refractivity contribution >= 4 is 5.91 Å². The molecule has 3 N–H and O–H groups in total. The van der Waals surface area contributed by atoms with Crippen LogP contribution in [0.4, 0.5) is 0 Å². The van der Waals surface area contributed by atoms with E-state index >= 15 is 0 Å². The van der Waals surface area contributed by atoms with Crippen LogP contribution in [0.2, 0.25) is 0 Å². The Morgan fingerprint density at radius 1 is 0.397 bits per heavy atom. The molecule has 0 aliphatic rings. The van der Waals surface area contributed by atoms with E-state index in [4.69, 9.17) is 0 Å². The van der Waals surface area contributed by atoms with Crippen LogP contribution in [0.3, 0.4) is 0 Å². The molecular weight excluding hydrogens is 711 g/mol. The molecule has 1 amide bonds. The van der Waals surface area contributed by atoms with Crippen LogP contribution in [-0.4, -0.2) is 34.9 Å². The van der Waals surface area contributed by atoms with Gasteiger partial charge >= 0.3 is 0 Å². The first-order chi connectivity index (χ1) is 28.7. The van der Waals surface area contributed by atoms with Crippen molar-refractivity contribution in [2.75, 3.05) is 6.61 Å². The molecule has 0 saturated heterocycles. The molecule has 0 saturated carbocycles. The van der Waals surface area contributed by atoms with Crippen molar-refractivity contribution in [2.24, 2.45) is 0 Å². The lowest BCUT2D eigenvalue weighted by atomic mass is 10.0. The van der Waals surface area contributed by atoms with Crippen molar-refractivity contribution in [3.63, 3.8) is 0 Å². The van der Waals surface area contributed by atoms with E-state index in [9.17, 15) is 15.0 Å². The molecule has 0 aliphatic carbocycles. The maximum absolute atomic E-state index is 12.4. The maximum Gasteiger partial charge on any atom is 0.220 e. The molecule has 4 heteroatoms. The maximum atomic E-state index is 12.4. The van der Waals surface area contributed by atoms with Gasteiger partial charge in [0.05, 0.1) is 18.8 Å². The Bertz CT molecular complexity index is 840. The summed E-state index contributed by atoms with van der Waals surface area (Å²) in [7, 11) is 0. The highest BCUT2D eigenvalue weighted by Gasteiger charge is 2.18. The summed E-state index contributed by atoms with van der Waals surface area (Å²) in [5.74, 6) is -0.0589. The Morgan fingerprint density at radius 3 is 0.948 bits per heavy atom. The predicted octanol–water partition coefficient (Wildman–Crippen LogP) is 17.1. The number of aliphatic hydroxyl groups excluding tert-OH is 2. The zero-order chi connectivity index (χ0) is 42.1. The number of nitrogens with one attached hydrogen (secondary N) is 1. The number of unbranched alkanes of at least 4 members (excludes halogenated alkanes) is 40. The summed E-state index contributed by atoms with van der Waals surface area (Å²) in [6.07, 6.45) is 66.2. The summed E-state index contributed by atoms with van der Waals surface area (Å²) in [5, 5.41) is 23.1. The molecule has 0 spiro atoms. The van der Waals surface area contributed by atoms with Gasteiger partial charge < -0.3 is 15.5 Å². The SMILES string of the molecule is CCCCCCCCCC/C=C\CCCCCCCCCCCCCCCCCCCCCC(=O)NC(CO)C(O)/C=C/CCCCCCCCCCCCCCC. The van der Waals surface area contributed by atoms with Crippen LogP contribution >= 0.6 is 0 Å². The van der Waals surface area contributed by atoms with Gasteiger partial charge in [0.25, 0.3) is 0 Å². The monoisotopic (exact) mass is 816 g/mol. The third-order valence-electron chi connectivity index (χ3n) is 12.4. The van der Waals surface area contributed by atoms with E-state index in [0.717, 1.165) is 25.7 Å². The third-order valence-corrected chi connectivity index (χ3v) is 12.4. The Morgan fingerprint density at radius 2 is 0.655 bits per heavy atom. The molecule has 0 aromatic heterocycles. The van der Waals surface area contributed by atoms with Gasteiger partial charge in [-0.2, -0.15) is 0 Å². The minimum atomic E-state index is -0.835. The van der Waals surface area contributed by atoms with Gasteiger partial charge in [-0.3, -0.25) is 4.79 Å². The van der Waals surface area contributed by atoms with Crippen LogP contribution in [0.25, 0.3) is 0 Å². The summed E-state index contributed by atoms with van der Waals surface area (Å²) >= 11 is 0. The molecule has 0 bridgehead atoms. The highest BCUT2D eigenvalue weighted by atomic mass is 16.3. The molecule has 0 rings (SSSR count). The number of aliphatic hydroxyl groups is 2. The third kappa shape index (κ3) is 45.9.